The summed E-state index contributed by atoms with van der Waals surface area (Å²) >= 11 is 0. The molecule has 4 rings (SSSR count). The number of aromatic nitrogens is 3. The molecule has 0 aliphatic carbocycles. The van der Waals surface area contributed by atoms with E-state index in [0.29, 0.717) is 23.7 Å². The number of hydrogen-bond donors (Lipinski definition) is 3. The lowest BCUT2D eigenvalue weighted by Gasteiger charge is -2.42. The number of amides is 1. The van der Waals surface area contributed by atoms with Crippen molar-refractivity contribution in [2.45, 2.75) is 65.1 Å². The van der Waals surface area contributed by atoms with Crippen molar-refractivity contribution in [1.29, 1.82) is 0 Å². The number of nitrogens with one attached hydrogen (secondary N) is 3. The summed E-state index contributed by atoms with van der Waals surface area (Å²) in [6, 6.07) is 9.27. The van der Waals surface area contributed by atoms with E-state index in [1.807, 2.05) is 6.07 Å². The Morgan fingerprint density at radius 2 is 1.91 bits per heavy atom. The van der Waals surface area contributed by atoms with Gasteiger partial charge in [-0.25, -0.2) is 4.98 Å². The number of hydrogen-bond acceptors (Lipinski definition) is 4. The van der Waals surface area contributed by atoms with Gasteiger partial charge in [-0.2, -0.15) is 0 Å². The van der Waals surface area contributed by atoms with Gasteiger partial charge < -0.3 is 20.2 Å². The molecular weight excluding hydrogens is 412 g/mol. The first-order valence-electron chi connectivity index (χ1n) is 12.2. The fourth-order valence-corrected chi connectivity index (χ4v) is 4.75. The average Bonchev–Trinajstić information content (AvgIpc) is 3.43. The monoisotopic (exact) mass is 450 g/mol. The van der Waals surface area contributed by atoms with E-state index in [0.717, 1.165) is 43.8 Å². The van der Waals surface area contributed by atoms with Gasteiger partial charge in [0.25, 0.3) is 5.91 Å². The Morgan fingerprint density at radius 1 is 1.18 bits per heavy atom. The largest absolute Gasteiger partial charge is 0.361 e. The topological polar surface area (TPSA) is 80.1 Å². The number of piperazine rings is 1. The zero-order valence-corrected chi connectivity index (χ0v) is 20.6. The van der Waals surface area contributed by atoms with E-state index in [-0.39, 0.29) is 11.9 Å². The van der Waals surface area contributed by atoms with Crippen molar-refractivity contribution in [2.24, 2.45) is 5.92 Å². The summed E-state index contributed by atoms with van der Waals surface area (Å²) in [5, 5.41) is 4.51. The number of benzene rings is 1. The molecule has 1 fully saturated rings. The van der Waals surface area contributed by atoms with Gasteiger partial charge in [-0.1, -0.05) is 32.0 Å². The molecule has 1 saturated heterocycles. The fraction of sp³-hybridized carbons (Fsp3) is 0.538. The van der Waals surface area contributed by atoms with E-state index in [1.54, 1.807) is 6.20 Å². The number of likely N-dealkylation sites (N-methyl/N-ethyl adjacent to an activating group) is 1. The number of rotatable bonds is 8. The van der Waals surface area contributed by atoms with Crippen molar-refractivity contribution in [2.75, 3.05) is 25.0 Å². The summed E-state index contributed by atoms with van der Waals surface area (Å²) in [4.78, 5) is 29.0. The number of imidazole rings is 1. The first-order valence-corrected chi connectivity index (χ1v) is 12.2. The Morgan fingerprint density at radius 3 is 2.64 bits per heavy atom. The zero-order chi connectivity index (χ0) is 23.5. The predicted molar refractivity (Wildman–Crippen MR) is 135 cm³/mol. The van der Waals surface area contributed by atoms with Crippen LogP contribution in [0.4, 0.5) is 5.95 Å². The highest BCUT2D eigenvalue weighted by molar-refractivity contribution is 5.92. The van der Waals surface area contributed by atoms with Crippen molar-refractivity contribution in [3.8, 4) is 0 Å². The molecule has 1 amide bonds. The van der Waals surface area contributed by atoms with E-state index in [9.17, 15) is 4.79 Å². The smallest absolute Gasteiger partial charge is 0.269 e. The molecule has 1 unspecified atom stereocenters. The molecule has 33 heavy (non-hydrogen) atoms. The van der Waals surface area contributed by atoms with Crippen LogP contribution in [0.15, 0.2) is 36.7 Å². The van der Waals surface area contributed by atoms with Crippen LogP contribution in [0.3, 0.4) is 0 Å². The Bertz CT molecular complexity index is 1060. The molecule has 7 heteroatoms. The summed E-state index contributed by atoms with van der Waals surface area (Å²) < 4.78 is 0. The van der Waals surface area contributed by atoms with Gasteiger partial charge in [0.05, 0.1) is 6.20 Å². The van der Waals surface area contributed by atoms with Crippen LogP contribution in [0.5, 0.6) is 0 Å². The van der Waals surface area contributed by atoms with Gasteiger partial charge in [0.2, 0.25) is 5.95 Å². The second-order valence-electron chi connectivity index (χ2n) is 10.1. The molecule has 1 aliphatic heterocycles. The molecule has 3 aromatic rings. The Balaban J connectivity index is 1.45. The summed E-state index contributed by atoms with van der Waals surface area (Å²) in [5.41, 5.74) is 2.90. The van der Waals surface area contributed by atoms with Gasteiger partial charge in [-0.15, -0.1) is 0 Å². The molecule has 0 bridgehead atoms. The number of carbonyl (C=O) groups excluding carboxylic acids is 1. The molecule has 0 saturated carbocycles. The molecule has 1 aromatic carbocycles. The van der Waals surface area contributed by atoms with Crippen LogP contribution in [0.1, 0.15) is 56.6 Å². The van der Waals surface area contributed by atoms with Gasteiger partial charge in [-0.3, -0.25) is 9.69 Å². The highest BCUT2D eigenvalue weighted by Crippen LogP contribution is 2.22. The van der Waals surface area contributed by atoms with Crippen molar-refractivity contribution in [3.63, 3.8) is 0 Å². The fourth-order valence-electron chi connectivity index (χ4n) is 4.75. The quantitative estimate of drug-likeness (QED) is 0.481. The van der Waals surface area contributed by atoms with Crippen LogP contribution in [0, 0.1) is 5.92 Å². The first-order chi connectivity index (χ1) is 15.8. The van der Waals surface area contributed by atoms with Crippen molar-refractivity contribution >= 4 is 22.8 Å². The third kappa shape index (κ3) is 5.41. The summed E-state index contributed by atoms with van der Waals surface area (Å²) in [7, 11) is 2.17. The second kappa shape index (κ2) is 10.00. The van der Waals surface area contributed by atoms with Gasteiger partial charge in [0.15, 0.2) is 0 Å². The summed E-state index contributed by atoms with van der Waals surface area (Å²) in [6.07, 6.45) is 6.56. The number of anilines is 1. The highest BCUT2D eigenvalue weighted by Gasteiger charge is 2.28. The SMILES string of the molecule is CC(C)CCC(Cc1c[nH]c2ccccc12)NC(=O)c1cnc(N2C[C@@H](C)N(C)[C@@H](C)C2)[nH]1. The van der Waals surface area contributed by atoms with Crippen LogP contribution in [-0.2, 0) is 6.42 Å². The first kappa shape index (κ1) is 23.4. The minimum atomic E-state index is -0.0856. The van der Waals surface area contributed by atoms with Gasteiger partial charge >= 0.3 is 0 Å². The third-order valence-electron chi connectivity index (χ3n) is 7.04. The Labute approximate surface area is 197 Å². The summed E-state index contributed by atoms with van der Waals surface area (Å²) in [5.74, 6) is 1.28. The van der Waals surface area contributed by atoms with Gasteiger partial charge in [0, 0.05) is 48.3 Å². The highest BCUT2D eigenvalue weighted by atomic mass is 16.2. The lowest BCUT2D eigenvalue weighted by molar-refractivity contribution is 0.0929. The molecule has 178 valence electrons. The molecule has 7 nitrogen and oxygen atoms in total. The summed E-state index contributed by atoms with van der Waals surface area (Å²) in [6.45, 7) is 10.7. The minimum Gasteiger partial charge on any atom is -0.361 e. The molecular formula is C26H38N6O. The van der Waals surface area contributed by atoms with Crippen LogP contribution < -0.4 is 10.2 Å². The average molecular weight is 451 g/mol. The third-order valence-corrected chi connectivity index (χ3v) is 7.04. The second-order valence-corrected chi connectivity index (χ2v) is 10.1. The number of carbonyl (C=O) groups is 1. The molecule has 2 aromatic heterocycles. The Kier molecular flexibility index (Phi) is 7.08. The number of H-pyrrole nitrogens is 2. The van der Waals surface area contributed by atoms with Crippen LogP contribution in [-0.4, -0.2) is 64.0 Å². The standard InChI is InChI=1S/C26H38N6O/c1-17(2)10-11-21(12-20-13-27-23-9-7-6-8-22(20)23)29-25(33)24-14-28-26(30-24)32-15-18(3)31(5)19(4)16-32/h6-9,13-14,17-19,21,27H,10-12,15-16H2,1-5H3,(H,28,30)(H,29,33)/t18-,19+,21?. The Hall–Kier alpha value is -2.80. The predicted octanol–water partition coefficient (Wildman–Crippen LogP) is 4.20. The van der Waals surface area contributed by atoms with Crippen molar-refractivity contribution in [1.82, 2.24) is 25.2 Å². The lowest BCUT2D eigenvalue weighted by Crippen LogP contribution is -2.55. The van der Waals surface area contributed by atoms with Crippen molar-refractivity contribution in [3.05, 3.63) is 47.9 Å². The molecule has 0 spiro atoms. The normalized spacial score (nSPS) is 20.5. The molecule has 3 heterocycles. The molecule has 1 aliphatic rings. The minimum absolute atomic E-state index is 0.0644. The molecule has 0 radical (unpaired) electrons. The molecule has 3 atom stereocenters. The van der Waals surface area contributed by atoms with Crippen LogP contribution >= 0.6 is 0 Å². The zero-order valence-electron chi connectivity index (χ0n) is 20.6. The maximum atomic E-state index is 13.2. The maximum Gasteiger partial charge on any atom is 0.269 e. The number of para-hydroxylation sites is 1. The van der Waals surface area contributed by atoms with Gasteiger partial charge in [0.1, 0.15) is 5.69 Å². The van der Waals surface area contributed by atoms with Crippen LogP contribution in [0.25, 0.3) is 10.9 Å². The van der Waals surface area contributed by atoms with Crippen molar-refractivity contribution < 1.29 is 4.79 Å². The van der Waals surface area contributed by atoms with E-state index in [4.69, 9.17) is 0 Å². The van der Waals surface area contributed by atoms with E-state index in [1.165, 1.54) is 10.9 Å². The lowest BCUT2D eigenvalue weighted by atomic mass is 9.97. The van der Waals surface area contributed by atoms with Crippen LogP contribution in [0.2, 0.25) is 0 Å². The number of fused-ring (bicyclic) bond motifs is 1. The number of aromatic amines is 2. The molecule has 3 N–H and O–H groups in total. The maximum absolute atomic E-state index is 13.2. The van der Waals surface area contributed by atoms with E-state index < -0.39 is 0 Å². The van der Waals surface area contributed by atoms with E-state index >= 15 is 0 Å². The number of nitrogens with zero attached hydrogens (tertiary/aromatic N) is 3. The van der Waals surface area contributed by atoms with Gasteiger partial charge in [-0.05, 0) is 57.7 Å². The van der Waals surface area contributed by atoms with E-state index in [2.05, 4.69) is 89.2 Å².